The Bertz CT molecular complexity index is 588. The smallest absolute Gasteiger partial charge is 0.342 e. The van der Waals surface area contributed by atoms with Gasteiger partial charge in [-0.25, -0.2) is 14.9 Å². The van der Waals surface area contributed by atoms with Crippen LogP contribution in [-0.2, 0) is 0 Å². The molecule has 1 atom stereocenters. The molecule has 0 spiro atoms. The molecule has 2 aromatic rings. The highest BCUT2D eigenvalue weighted by Crippen LogP contribution is 2.21. The molecule has 0 saturated heterocycles. The van der Waals surface area contributed by atoms with E-state index in [1.165, 1.54) is 11.3 Å². The SMILES string of the molecule is CCC(Nc1n[nH]c(=O)[nH]c1=O)c1nccs1. The molecule has 0 amide bonds. The summed E-state index contributed by atoms with van der Waals surface area (Å²) >= 11 is 1.50. The second-order valence-corrected chi connectivity index (χ2v) is 4.26. The highest BCUT2D eigenvalue weighted by molar-refractivity contribution is 7.09. The van der Waals surface area contributed by atoms with Crippen molar-refractivity contribution < 1.29 is 0 Å². The van der Waals surface area contributed by atoms with Crippen molar-refractivity contribution >= 4 is 17.2 Å². The van der Waals surface area contributed by atoms with E-state index < -0.39 is 11.2 Å². The van der Waals surface area contributed by atoms with Gasteiger partial charge in [0, 0.05) is 11.6 Å². The lowest BCUT2D eigenvalue weighted by molar-refractivity contribution is 0.726. The first-order chi connectivity index (χ1) is 8.20. The van der Waals surface area contributed by atoms with Crippen LogP contribution in [0.15, 0.2) is 21.2 Å². The lowest BCUT2D eigenvalue weighted by Crippen LogP contribution is -2.28. The van der Waals surface area contributed by atoms with E-state index in [0.29, 0.717) is 0 Å². The average molecular weight is 253 g/mol. The Morgan fingerprint density at radius 2 is 2.35 bits per heavy atom. The van der Waals surface area contributed by atoms with Crippen molar-refractivity contribution in [2.24, 2.45) is 0 Å². The van der Waals surface area contributed by atoms with Crippen molar-refractivity contribution in [1.82, 2.24) is 20.2 Å². The molecule has 0 fully saturated rings. The highest BCUT2D eigenvalue weighted by Gasteiger charge is 2.14. The largest absolute Gasteiger partial charge is 0.355 e. The quantitative estimate of drug-likeness (QED) is 0.735. The fourth-order valence-corrected chi connectivity index (χ4v) is 2.13. The molecule has 0 radical (unpaired) electrons. The standard InChI is InChI=1S/C9H11N5O2S/c1-2-5(8-10-3-4-17-8)11-6-7(15)12-9(16)14-13-6/h3-5H,2H2,1H3,(H,11,13)(H2,12,14,15,16). The third-order valence-corrected chi connectivity index (χ3v) is 3.07. The highest BCUT2D eigenvalue weighted by atomic mass is 32.1. The molecule has 0 aromatic carbocycles. The maximum Gasteiger partial charge on any atom is 0.342 e. The summed E-state index contributed by atoms with van der Waals surface area (Å²) in [7, 11) is 0. The minimum absolute atomic E-state index is 0.0884. The summed E-state index contributed by atoms with van der Waals surface area (Å²) < 4.78 is 0. The van der Waals surface area contributed by atoms with Gasteiger partial charge in [0.25, 0.3) is 5.56 Å². The summed E-state index contributed by atoms with van der Waals surface area (Å²) in [5.74, 6) is 0.0895. The molecule has 2 aromatic heterocycles. The Labute approximate surface area is 99.9 Å². The van der Waals surface area contributed by atoms with Crippen LogP contribution in [0.4, 0.5) is 5.82 Å². The van der Waals surface area contributed by atoms with Crippen LogP contribution >= 0.6 is 11.3 Å². The number of nitrogens with one attached hydrogen (secondary N) is 3. The Kier molecular flexibility index (Phi) is 3.33. The summed E-state index contributed by atoms with van der Waals surface area (Å²) in [4.78, 5) is 28.5. The second kappa shape index (κ2) is 4.91. The van der Waals surface area contributed by atoms with Gasteiger partial charge in [-0.3, -0.25) is 9.78 Å². The molecule has 0 bridgehead atoms. The molecule has 0 saturated carbocycles. The molecule has 2 heterocycles. The average Bonchev–Trinajstić information content (AvgIpc) is 2.81. The maximum atomic E-state index is 11.4. The fourth-order valence-electron chi connectivity index (χ4n) is 1.36. The Balaban J connectivity index is 2.25. The number of hydrogen-bond acceptors (Lipinski definition) is 6. The normalized spacial score (nSPS) is 12.3. The number of rotatable bonds is 4. The van der Waals surface area contributed by atoms with Crippen molar-refractivity contribution in [2.45, 2.75) is 19.4 Å². The van der Waals surface area contributed by atoms with Gasteiger partial charge in [-0.2, -0.15) is 0 Å². The van der Waals surface area contributed by atoms with Crippen molar-refractivity contribution in [3.63, 3.8) is 0 Å². The monoisotopic (exact) mass is 253 g/mol. The van der Waals surface area contributed by atoms with Gasteiger partial charge < -0.3 is 5.32 Å². The minimum Gasteiger partial charge on any atom is -0.355 e. The molecule has 1 unspecified atom stereocenters. The molecule has 0 aliphatic heterocycles. The van der Waals surface area contributed by atoms with E-state index in [0.717, 1.165) is 11.4 Å². The first kappa shape index (κ1) is 11.5. The van der Waals surface area contributed by atoms with Crippen LogP contribution in [0.5, 0.6) is 0 Å². The van der Waals surface area contributed by atoms with Gasteiger partial charge in [0.2, 0.25) is 5.82 Å². The number of H-pyrrole nitrogens is 2. The summed E-state index contributed by atoms with van der Waals surface area (Å²) in [6.45, 7) is 1.97. The maximum absolute atomic E-state index is 11.4. The van der Waals surface area contributed by atoms with E-state index in [1.807, 2.05) is 12.3 Å². The van der Waals surface area contributed by atoms with Gasteiger partial charge in [0.1, 0.15) is 5.01 Å². The molecule has 17 heavy (non-hydrogen) atoms. The van der Waals surface area contributed by atoms with Crippen LogP contribution in [0, 0.1) is 0 Å². The summed E-state index contributed by atoms with van der Waals surface area (Å²) in [5, 5.41) is 11.5. The Morgan fingerprint density at radius 1 is 1.53 bits per heavy atom. The van der Waals surface area contributed by atoms with Crippen LogP contribution in [-0.4, -0.2) is 20.2 Å². The van der Waals surface area contributed by atoms with E-state index in [1.54, 1.807) is 6.20 Å². The van der Waals surface area contributed by atoms with Gasteiger partial charge in [0.15, 0.2) is 0 Å². The zero-order valence-corrected chi connectivity index (χ0v) is 9.87. The van der Waals surface area contributed by atoms with Crippen LogP contribution in [0.3, 0.4) is 0 Å². The summed E-state index contributed by atoms with van der Waals surface area (Å²) in [6, 6.07) is -0.0884. The second-order valence-electron chi connectivity index (χ2n) is 3.33. The van der Waals surface area contributed by atoms with Crippen molar-refractivity contribution in [3.05, 3.63) is 37.4 Å². The Hall–Kier alpha value is -1.96. The molecule has 7 nitrogen and oxygen atoms in total. The topological polar surface area (TPSA) is 104 Å². The van der Waals surface area contributed by atoms with E-state index in [-0.39, 0.29) is 11.9 Å². The fraction of sp³-hybridized carbons (Fsp3) is 0.333. The number of hydrogen-bond donors (Lipinski definition) is 3. The predicted molar refractivity (Wildman–Crippen MR) is 64.2 cm³/mol. The summed E-state index contributed by atoms with van der Waals surface area (Å²) in [6.07, 6.45) is 2.46. The number of anilines is 1. The number of nitrogens with zero attached hydrogens (tertiary/aromatic N) is 2. The number of aromatic nitrogens is 4. The first-order valence-electron chi connectivity index (χ1n) is 5.05. The number of thiazole rings is 1. The van der Waals surface area contributed by atoms with Gasteiger partial charge in [-0.1, -0.05) is 6.92 Å². The van der Waals surface area contributed by atoms with Gasteiger partial charge in [0.05, 0.1) is 6.04 Å². The molecule has 2 rings (SSSR count). The predicted octanol–water partition coefficient (Wildman–Crippen LogP) is 0.478. The molecular formula is C9H11N5O2S. The molecule has 8 heteroatoms. The molecular weight excluding hydrogens is 242 g/mol. The van der Waals surface area contributed by atoms with Gasteiger partial charge >= 0.3 is 5.69 Å². The van der Waals surface area contributed by atoms with E-state index >= 15 is 0 Å². The van der Waals surface area contributed by atoms with E-state index in [2.05, 4.69) is 25.5 Å². The third kappa shape index (κ3) is 2.59. The molecule has 3 N–H and O–H groups in total. The zero-order chi connectivity index (χ0) is 12.3. The van der Waals surface area contributed by atoms with E-state index in [4.69, 9.17) is 0 Å². The van der Waals surface area contributed by atoms with Crippen LogP contribution < -0.4 is 16.6 Å². The van der Waals surface area contributed by atoms with Crippen molar-refractivity contribution in [3.8, 4) is 0 Å². The van der Waals surface area contributed by atoms with Crippen molar-refractivity contribution in [1.29, 1.82) is 0 Å². The van der Waals surface area contributed by atoms with Gasteiger partial charge in [-0.15, -0.1) is 16.4 Å². The molecule has 0 aliphatic rings. The minimum atomic E-state index is -0.622. The van der Waals surface area contributed by atoms with Gasteiger partial charge in [-0.05, 0) is 6.42 Å². The van der Waals surface area contributed by atoms with Crippen molar-refractivity contribution in [2.75, 3.05) is 5.32 Å². The van der Waals surface area contributed by atoms with Crippen LogP contribution in [0.2, 0.25) is 0 Å². The lowest BCUT2D eigenvalue weighted by Gasteiger charge is -2.13. The zero-order valence-electron chi connectivity index (χ0n) is 9.06. The first-order valence-corrected chi connectivity index (χ1v) is 5.93. The summed E-state index contributed by atoms with van der Waals surface area (Å²) in [5.41, 5.74) is -1.16. The van der Waals surface area contributed by atoms with Crippen LogP contribution in [0.25, 0.3) is 0 Å². The Morgan fingerprint density at radius 3 is 2.94 bits per heavy atom. The number of aromatic amines is 2. The third-order valence-electron chi connectivity index (χ3n) is 2.18. The van der Waals surface area contributed by atoms with Crippen LogP contribution in [0.1, 0.15) is 24.4 Å². The molecule has 0 aliphatic carbocycles. The lowest BCUT2D eigenvalue weighted by atomic mass is 10.2. The molecule has 90 valence electrons. The van der Waals surface area contributed by atoms with E-state index in [9.17, 15) is 9.59 Å².